The van der Waals surface area contributed by atoms with E-state index in [4.69, 9.17) is 10.8 Å². The zero-order valence-electron chi connectivity index (χ0n) is 17.7. The van der Waals surface area contributed by atoms with Crippen LogP contribution in [0.2, 0.25) is 0 Å². The maximum atomic E-state index is 13.0. The summed E-state index contributed by atoms with van der Waals surface area (Å²) >= 11 is 1.61. The van der Waals surface area contributed by atoms with E-state index in [2.05, 4.69) is 5.32 Å². The van der Waals surface area contributed by atoms with Gasteiger partial charge in [0.1, 0.15) is 6.04 Å². The van der Waals surface area contributed by atoms with Crippen LogP contribution in [-0.2, 0) is 11.3 Å². The van der Waals surface area contributed by atoms with Crippen molar-refractivity contribution in [3.8, 4) is 16.9 Å². The summed E-state index contributed by atoms with van der Waals surface area (Å²) in [6.45, 7) is 0.353. The lowest BCUT2D eigenvalue weighted by atomic mass is 10.1. The van der Waals surface area contributed by atoms with Crippen LogP contribution in [0.1, 0.15) is 12.0 Å². The summed E-state index contributed by atoms with van der Waals surface area (Å²) < 4.78 is 1.82. The van der Waals surface area contributed by atoms with E-state index in [1.807, 2.05) is 77.8 Å². The third kappa shape index (κ3) is 5.88. The first kappa shape index (κ1) is 22.4. The number of hydrogen-bond acceptors (Lipinski definition) is 4. The molecule has 8 heteroatoms. The fourth-order valence-electron chi connectivity index (χ4n) is 3.34. The minimum absolute atomic E-state index is 0.181. The molecule has 3 N–H and O–H groups in total. The number of primary amides is 1. The second-order valence-corrected chi connectivity index (χ2v) is 8.17. The molecule has 1 heterocycles. The second-order valence-electron chi connectivity index (χ2n) is 7.19. The van der Waals surface area contributed by atoms with Gasteiger partial charge in [0.15, 0.2) is 0 Å². The Kier molecular flexibility index (Phi) is 7.72. The highest BCUT2D eigenvalue weighted by Crippen LogP contribution is 2.25. The number of likely N-dealkylation sites (N-methyl/N-ethyl adjacent to an activating group) is 1. The fraction of sp³-hybridized carbons (Fsp3) is 0.261. The zero-order chi connectivity index (χ0) is 22.2. The van der Waals surface area contributed by atoms with Crippen molar-refractivity contribution in [1.29, 1.82) is 0 Å². The van der Waals surface area contributed by atoms with Gasteiger partial charge in [0, 0.05) is 30.9 Å². The van der Waals surface area contributed by atoms with Gasteiger partial charge in [0.05, 0.1) is 11.4 Å². The molecule has 0 saturated carbocycles. The normalized spacial score (nSPS) is 11.7. The van der Waals surface area contributed by atoms with Crippen LogP contribution in [0, 0.1) is 0 Å². The van der Waals surface area contributed by atoms with Crippen molar-refractivity contribution in [3.63, 3.8) is 0 Å². The summed E-state index contributed by atoms with van der Waals surface area (Å²) in [7, 11) is 1.73. The lowest BCUT2D eigenvalue weighted by Crippen LogP contribution is -2.49. The minimum atomic E-state index is -0.699. The maximum absolute atomic E-state index is 13.0. The zero-order valence-corrected chi connectivity index (χ0v) is 18.5. The van der Waals surface area contributed by atoms with Crippen molar-refractivity contribution in [2.45, 2.75) is 19.0 Å². The van der Waals surface area contributed by atoms with Crippen molar-refractivity contribution < 1.29 is 9.59 Å². The van der Waals surface area contributed by atoms with Crippen molar-refractivity contribution >= 4 is 23.7 Å². The summed E-state index contributed by atoms with van der Waals surface area (Å²) in [6.07, 6.45) is 4.42. The first-order valence-corrected chi connectivity index (χ1v) is 11.4. The Hall–Kier alpha value is -3.26. The van der Waals surface area contributed by atoms with Gasteiger partial charge in [-0.25, -0.2) is 9.48 Å². The number of carbonyl (C=O) groups is 2. The average Bonchev–Trinajstić information content (AvgIpc) is 3.20. The van der Waals surface area contributed by atoms with Crippen LogP contribution >= 0.6 is 11.8 Å². The van der Waals surface area contributed by atoms with Crippen LogP contribution in [0.25, 0.3) is 16.9 Å². The largest absolute Gasteiger partial charge is 0.352 e. The van der Waals surface area contributed by atoms with E-state index in [0.29, 0.717) is 13.0 Å². The summed E-state index contributed by atoms with van der Waals surface area (Å²) in [4.78, 5) is 26.0. The molecule has 3 amide bonds. The highest BCUT2D eigenvalue weighted by atomic mass is 32.2. The number of nitrogens with two attached hydrogens (primary N) is 1. The van der Waals surface area contributed by atoms with Crippen molar-refractivity contribution in [1.82, 2.24) is 20.0 Å². The van der Waals surface area contributed by atoms with E-state index in [-0.39, 0.29) is 5.91 Å². The third-order valence-electron chi connectivity index (χ3n) is 4.87. The third-order valence-corrected chi connectivity index (χ3v) is 5.51. The van der Waals surface area contributed by atoms with Gasteiger partial charge in [-0.1, -0.05) is 48.5 Å². The predicted octanol–water partition coefficient (Wildman–Crippen LogP) is 3.29. The van der Waals surface area contributed by atoms with Gasteiger partial charge >= 0.3 is 6.03 Å². The van der Waals surface area contributed by atoms with Gasteiger partial charge in [-0.2, -0.15) is 16.9 Å². The molecule has 0 radical (unpaired) electrons. The molecule has 3 aromatic rings. The van der Waals surface area contributed by atoms with Crippen LogP contribution in [0.4, 0.5) is 4.79 Å². The van der Waals surface area contributed by atoms with E-state index in [1.165, 1.54) is 0 Å². The smallest absolute Gasteiger partial charge is 0.312 e. The Labute approximate surface area is 186 Å². The Bertz CT molecular complexity index is 1010. The molecule has 1 atom stereocenters. The number of carbonyl (C=O) groups excluding carboxylic acids is 2. The number of nitrogens with zero attached hydrogens (tertiary/aromatic N) is 3. The van der Waals surface area contributed by atoms with Crippen LogP contribution in [0.3, 0.4) is 0 Å². The minimum Gasteiger partial charge on any atom is -0.352 e. The van der Waals surface area contributed by atoms with E-state index < -0.39 is 12.1 Å². The molecular formula is C23H27N5O2S. The number of para-hydroxylation sites is 1. The summed E-state index contributed by atoms with van der Waals surface area (Å²) in [5.41, 5.74) is 8.92. The van der Waals surface area contributed by atoms with E-state index in [0.717, 1.165) is 28.3 Å². The van der Waals surface area contributed by atoms with Gasteiger partial charge in [-0.3, -0.25) is 4.79 Å². The molecule has 0 fully saturated rings. The maximum Gasteiger partial charge on any atom is 0.312 e. The quantitative estimate of drug-likeness (QED) is 0.537. The van der Waals surface area contributed by atoms with Crippen molar-refractivity contribution in [3.05, 3.63) is 72.4 Å². The van der Waals surface area contributed by atoms with Gasteiger partial charge in [0.25, 0.3) is 0 Å². The lowest BCUT2D eigenvalue weighted by Gasteiger charge is -2.24. The van der Waals surface area contributed by atoms with Crippen LogP contribution in [0.15, 0.2) is 66.9 Å². The van der Waals surface area contributed by atoms with Crippen LogP contribution in [-0.4, -0.2) is 51.7 Å². The Morgan fingerprint density at radius 3 is 2.39 bits per heavy atom. The Balaban J connectivity index is 1.89. The van der Waals surface area contributed by atoms with Crippen LogP contribution < -0.4 is 11.1 Å². The number of amides is 3. The van der Waals surface area contributed by atoms with Gasteiger partial charge in [0.2, 0.25) is 5.91 Å². The molecule has 0 saturated heterocycles. The number of rotatable bonds is 9. The van der Waals surface area contributed by atoms with Crippen LogP contribution in [0.5, 0.6) is 0 Å². The summed E-state index contributed by atoms with van der Waals surface area (Å²) in [5.74, 6) is 0.561. The molecule has 3 rings (SSSR count). The number of nitrogens with one attached hydrogen (secondary N) is 1. The molecule has 162 valence electrons. The standard InChI is InChI=1S/C23H27N5O2S/c1-27(22(29)20(13-14-31-2)25-23(24)30)15-18-16-28(19-11-7-4-8-12-19)26-21(18)17-9-5-3-6-10-17/h3-12,16,20H,13-15H2,1-2H3,(H3,24,25,30)/t20-/m1/s1. The predicted molar refractivity (Wildman–Crippen MR) is 125 cm³/mol. The Morgan fingerprint density at radius 2 is 1.77 bits per heavy atom. The summed E-state index contributed by atoms with van der Waals surface area (Å²) in [5, 5.41) is 7.36. The van der Waals surface area contributed by atoms with Gasteiger partial charge in [-0.15, -0.1) is 0 Å². The molecule has 0 aliphatic rings. The topological polar surface area (TPSA) is 93.2 Å². The molecule has 0 spiro atoms. The fourth-order valence-corrected chi connectivity index (χ4v) is 3.81. The molecule has 0 bridgehead atoms. The second kappa shape index (κ2) is 10.7. The molecule has 2 aromatic carbocycles. The monoisotopic (exact) mass is 437 g/mol. The SMILES string of the molecule is CSCC[C@@H](NC(N)=O)C(=O)N(C)Cc1cn(-c2ccccc2)nc1-c1ccccc1. The lowest BCUT2D eigenvalue weighted by molar-refractivity contribution is -0.132. The molecule has 7 nitrogen and oxygen atoms in total. The molecule has 0 aliphatic heterocycles. The number of benzene rings is 2. The number of thioether (sulfide) groups is 1. The average molecular weight is 438 g/mol. The molecule has 1 aromatic heterocycles. The highest BCUT2D eigenvalue weighted by molar-refractivity contribution is 7.98. The molecular weight excluding hydrogens is 410 g/mol. The van der Waals surface area contributed by atoms with E-state index >= 15 is 0 Å². The molecule has 0 unspecified atom stereocenters. The van der Waals surface area contributed by atoms with E-state index in [1.54, 1.807) is 23.7 Å². The number of urea groups is 1. The van der Waals surface area contributed by atoms with E-state index in [9.17, 15) is 9.59 Å². The van der Waals surface area contributed by atoms with Gasteiger partial charge in [-0.05, 0) is 30.6 Å². The molecule has 31 heavy (non-hydrogen) atoms. The van der Waals surface area contributed by atoms with Crippen molar-refractivity contribution in [2.75, 3.05) is 19.1 Å². The number of aromatic nitrogens is 2. The van der Waals surface area contributed by atoms with Gasteiger partial charge < -0.3 is 16.0 Å². The summed E-state index contributed by atoms with van der Waals surface area (Å²) in [6, 6.07) is 18.4. The number of hydrogen-bond donors (Lipinski definition) is 2. The first-order chi connectivity index (χ1) is 15.0. The van der Waals surface area contributed by atoms with Crippen molar-refractivity contribution in [2.24, 2.45) is 5.73 Å². The molecule has 0 aliphatic carbocycles. The first-order valence-electron chi connectivity index (χ1n) is 9.99. The Morgan fingerprint density at radius 1 is 1.13 bits per heavy atom. The highest BCUT2D eigenvalue weighted by Gasteiger charge is 2.24.